The van der Waals surface area contributed by atoms with Crippen LogP contribution in [-0.4, -0.2) is 16.0 Å². The summed E-state index contributed by atoms with van der Waals surface area (Å²) < 4.78 is 0. The van der Waals surface area contributed by atoms with E-state index in [0.29, 0.717) is 16.3 Å². The third-order valence-electron chi connectivity index (χ3n) is 2.53. The number of hydrogen-bond donors (Lipinski definition) is 1. The van der Waals surface area contributed by atoms with E-state index in [-0.39, 0.29) is 12.1 Å². The number of nitro groups is 1. The van der Waals surface area contributed by atoms with E-state index < -0.39 is 10.9 Å². The van der Waals surface area contributed by atoms with Crippen LogP contribution in [0, 0.1) is 10.1 Å². The van der Waals surface area contributed by atoms with Gasteiger partial charge in [0, 0.05) is 6.07 Å². The van der Waals surface area contributed by atoms with E-state index in [4.69, 9.17) is 5.11 Å². The highest BCUT2D eigenvalue weighted by Crippen LogP contribution is 2.28. The third kappa shape index (κ3) is 2.08. The third-order valence-corrected chi connectivity index (χ3v) is 2.53. The molecule has 5 heteroatoms. The van der Waals surface area contributed by atoms with E-state index in [2.05, 4.69) is 0 Å². The molecule has 0 amide bonds. The molecule has 0 aliphatic carbocycles. The van der Waals surface area contributed by atoms with Crippen LogP contribution in [0.4, 0.5) is 5.69 Å². The fourth-order valence-corrected chi connectivity index (χ4v) is 1.82. The smallest absolute Gasteiger partial charge is 0.307 e. The van der Waals surface area contributed by atoms with Crippen molar-refractivity contribution in [2.75, 3.05) is 0 Å². The molecule has 0 fully saturated rings. The molecule has 0 radical (unpaired) electrons. The van der Waals surface area contributed by atoms with Crippen LogP contribution in [0.15, 0.2) is 36.4 Å². The Bertz CT molecular complexity index is 606. The van der Waals surface area contributed by atoms with Crippen LogP contribution in [-0.2, 0) is 11.2 Å². The second-order valence-electron chi connectivity index (χ2n) is 3.62. The highest BCUT2D eigenvalue weighted by atomic mass is 16.6. The zero-order valence-corrected chi connectivity index (χ0v) is 8.79. The number of benzene rings is 2. The van der Waals surface area contributed by atoms with Gasteiger partial charge in [-0.2, -0.15) is 0 Å². The second-order valence-corrected chi connectivity index (χ2v) is 3.62. The maximum absolute atomic E-state index is 10.8. The summed E-state index contributed by atoms with van der Waals surface area (Å²) >= 11 is 0. The monoisotopic (exact) mass is 231 g/mol. The molecular formula is C12H9NO4. The largest absolute Gasteiger partial charge is 0.481 e. The van der Waals surface area contributed by atoms with Crippen LogP contribution in [0.5, 0.6) is 0 Å². The maximum Gasteiger partial charge on any atom is 0.307 e. The molecule has 0 heterocycles. The molecule has 2 aromatic rings. The Hall–Kier alpha value is -2.43. The molecule has 0 unspecified atom stereocenters. The number of aliphatic carboxylic acids is 1. The van der Waals surface area contributed by atoms with Crippen molar-refractivity contribution in [2.24, 2.45) is 0 Å². The lowest BCUT2D eigenvalue weighted by Gasteiger charge is -2.04. The minimum Gasteiger partial charge on any atom is -0.481 e. The molecule has 0 saturated heterocycles. The van der Waals surface area contributed by atoms with Crippen LogP contribution < -0.4 is 0 Å². The molecule has 1 N–H and O–H groups in total. The summed E-state index contributed by atoms with van der Waals surface area (Å²) in [5.74, 6) is -0.955. The van der Waals surface area contributed by atoms with Gasteiger partial charge in [0.05, 0.1) is 16.7 Å². The van der Waals surface area contributed by atoms with Gasteiger partial charge in [-0.25, -0.2) is 0 Å². The van der Waals surface area contributed by atoms with Crippen LogP contribution in [0.1, 0.15) is 5.56 Å². The first-order valence-electron chi connectivity index (χ1n) is 4.96. The van der Waals surface area contributed by atoms with Gasteiger partial charge in [-0.05, 0) is 17.0 Å². The van der Waals surface area contributed by atoms with Crippen molar-refractivity contribution < 1.29 is 14.8 Å². The molecule has 0 aliphatic heterocycles. The van der Waals surface area contributed by atoms with Gasteiger partial charge in [0.2, 0.25) is 0 Å². The normalized spacial score (nSPS) is 10.4. The summed E-state index contributed by atoms with van der Waals surface area (Å²) in [6.45, 7) is 0. The summed E-state index contributed by atoms with van der Waals surface area (Å²) in [4.78, 5) is 21.1. The zero-order valence-electron chi connectivity index (χ0n) is 8.79. The second kappa shape index (κ2) is 4.21. The molecule has 2 aromatic carbocycles. The Balaban J connectivity index is 2.70. The van der Waals surface area contributed by atoms with Crippen LogP contribution in [0.3, 0.4) is 0 Å². The molecule has 5 nitrogen and oxygen atoms in total. The van der Waals surface area contributed by atoms with E-state index in [1.54, 1.807) is 24.3 Å². The summed E-state index contributed by atoms with van der Waals surface area (Å²) in [6, 6.07) is 9.59. The van der Waals surface area contributed by atoms with Crippen molar-refractivity contribution in [3.8, 4) is 0 Å². The molecule has 17 heavy (non-hydrogen) atoms. The van der Waals surface area contributed by atoms with Crippen molar-refractivity contribution in [2.45, 2.75) is 6.42 Å². The molecule has 2 rings (SSSR count). The first-order valence-corrected chi connectivity index (χ1v) is 4.96. The SMILES string of the molecule is O=C(O)Cc1ccc([N+](=O)[O-])c2ccccc12. The topological polar surface area (TPSA) is 80.4 Å². The number of carboxylic acids is 1. The Labute approximate surface area is 96.5 Å². The average molecular weight is 231 g/mol. The Kier molecular flexibility index (Phi) is 2.74. The first-order chi connectivity index (χ1) is 8.09. The van der Waals surface area contributed by atoms with Gasteiger partial charge in [0.25, 0.3) is 5.69 Å². The number of carboxylic acid groups (broad SMARTS) is 1. The van der Waals surface area contributed by atoms with Crippen molar-refractivity contribution in [1.82, 2.24) is 0 Å². The quantitative estimate of drug-likeness (QED) is 0.649. The maximum atomic E-state index is 10.8. The lowest BCUT2D eigenvalue weighted by atomic mass is 10.0. The molecule has 0 aliphatic rings. The molecule has 0 saturated carbocycles. The number of nitrogens with zero attached hydrogens (tertiary/aromatic N) is 1. The molecule has 0 aromatic heterocycles. The van der Waals surface area contributed by atoms with Gasteiger partial charge >= 0.3 is 5.97 Å². The van der Waals surface area contributed by atoms with Gasteiger partial charge in [0.1, 0.15) is 0 Å². The minimum absolute atomic E-state index is 0.00487. The van der Waals surface area contributed by atoms with Crippen molar-refractivity contribution in [1.29, 1.82) is 0 Å². The Morgan fingerprint density at radius 1 is 1.18 bits per heavy atom. The lowest BCUT2D eigenvalue weighted by molar-refractivity contribution is -0.383. The van der Waals surface area contributed by atoms with Gasteiger partial charge in [0.15, 0.2) is 0 Å². The minimum atomic E-state index is -0.955. The zero-order chi connectivity index (χ0) is 12.4. The number of rotatable bonds is 3. The van der Waals surface area contributed by atoms with Gasteiger partial charge in [-0.3, -0.25) is 14.9 Å². The number of nitro benzene ring substituents is 1. The van der Waals surface area contributed by atoms with E-state index in [1.165, 1.54) is 12.1 Å². The molecule has 86 valence electrons. The Morgan fingerprint density at radius 3 is 2.41 bits per heavy atom. The van der Waals surface area contributed by atoms with Crippen molar-refractivity contribution in [3.05, 3.63) is 52.1 Å². The lowest BCUT2D eigenvalue weighted by Crippen LogP contribution is -2.01. The highest BCUT2D eigenvalue weighted by Gasteiger charge is 2.14. The van der Waals surface area contributed by atoms with Crippen LogP contribution in [0.2, 0.25) is 0 Å². The molecule has 0 spiro atoms. The van der Waals surface area contributed by atoms with E-state index in [1.807, 2.05) is 0 Å². The summed E-state index contributed by atoms with van der Waals surface area (Å²) in [6.07, 6.45) is -0.140. The molecular weight excluding hydrogens is 222 g/mol. The molecule has 0 bridgehead atoms. The number of non-ortho nitro benzene ring substituents is 1. The van der Waals surface area contributed by atoms with E-state index in [9.17, 15) is 14.9 Å². The summed E-state index contributed by atoms with van der Waals surface area (Å²) in [7, 11) is 0. The predicted molar refractivity (Wildman–Crippen MR) is 61.9 cm³/mol. The summed E-state index contributed by atoms with van der Waals surface area (Å²) in [5.41, 5.74) is 0.577. The van der Waals surface area contributed by atoms with Crippen LogP contribution in [0.25, 0.3) is 10.8 Å². The van der Waals surface area contributed by atoms with E-state index in [0.717, 1.165) is 0 Å². The van der Waals surface area contributed by atoms with Crippen LogP contribution >= 0.6 is 0 Å². The first kappa shape index (κ1) is 11.1. The fraction of sp³-hybridized carbons (Fsp3) is 0.0833. The summed E-state index contributed by atoms with van der Waals surface area (Å²) in [5, 5.41) is 20.7. The standard InChI is InChI=1S/C12H9NO4/c14-12(15)7-8-5-6-11(13(16)17)10-4-2-1-3-9(8)10/h1-6H,7H2,(H,14,15). The average Bonchev–Trinajstić information content (AvgIpc) is 2.28. The fourth-order valence-electron chi connectivity index (χ4n) is 1.82. The van der Waals surface area contributed by atoms with Gasteiger partial charge < -0.3 is 5.11 Å². The van der Waals surface area contributed by atoms with Gasteiger partial charge in [-0.15, -0.1) is 0 Å². The van der Waals surface area contributed by atoms with Crippen molar-refractivity contribution >= 4 is 22.4 Å². The number of hydrogen-bond acceptors (Lipinski definition) is 3. The van der Waals surface area contributed by atoms with Crippen molar-refractivity contribution in [3.63, 3.8) is 0 Å². The van der Waals surface area contributed by atoms with E-state index >= 15 is 0 Å². The predicted octanol–water partition coefficient (Wildman–Crippen LogP) is 2.38. The van der Waals surface area contributed by atoms with Gasteiger partial charge in [-0.1, -0.05) is 24.3 Å². The number of fused-ring (bicyclic) bond motifs is 1. The Morgan fingerprint density at radius 2 is 1.82 bits per heavy atom. The number of carbonyl (C=O) groups is 1. The highest BCUT2D eigenvalue weighted by molar-refractivity contribution is 5.95. The molecule has 0 atom stereocenters.